The summed E-state index contributed by atoms with van der Waals surface area (Å²) in [6, 6.07) is 8.15. The van der Waals surface area contributed by atoms with Crippen molar-refractivity contribution in [3.8, 4) is 0 Å². The van der Waals surface area contributed by atoms with Gasteiger partial charge in [0.25, 0.3) is 0 Å². The molecule has 5 heteroatoms. The largest absolute Gasteiger partial charge is 0.465 e. The number of esters is 1. The zero-order valence-electron chi connectivity index (χ0n) is 14.6. The first-order chi connectivity index (χ1) is 12.1. The van der Waals surface area contributed by atoms with Gasteiger partial charge in [-0.2, -0.15) is 0 Å². The molecule has 130 valence electrons. The summed E-state index contributed by atoms with van der Waals surface area (Å²) in [7, 11) is 1.37. The van der Waals surface area contributed by atoms with Crippen LogP contribution in [0.5, 0.6) is 0 Å². The molecule has 1 aliphatic heterocycles. The van der Waals surface area contributed by atoms with Crippen molar-refractivity contribution in [2.24, 2.45) is 0 Å². The number of ether oxygens (including phenoxy) is 1. The fourth-order valence-corrected chi connectivity index (χ4v) is 3.28. The number of aryl methyl sites for hydroxylation is 2. The molecule has 3 rings (SSSR count). The predicted octanol–water partition coefficient (Wildman–Crippen LogP) is 2.69. The number of benzene rings is 1. The summed E-state index contributed by atoms with van der Waals surface area (Å²) in [6.07, 6.45) is 5.17. The Kier molecular flexibility index (Phi) is 5.12. The number of carbonyl (C=O) groups is 2. The van der Waals surface area contributed by atoms with Crippen molar-refractivity contribution < 1.29 is 14.3 Å². The quantitative estimate of drug-likeness (QED) is 0.804. The van der Waals surface area contributed by atoms with E-state index in [0.717, 1.165) is 17.5 Å². The SMILES string of the molecule is COC(=O)c1cncc2c1CCN(C(=O)CCc1ccccc1C)C2. The van der Waals surface area contributed by atoms with Crippen LogP contribution in [0.3, 0.4) is 0 Å². The minimum Gasteiger partial charge on any atom is -0.465 e. The number of rotatable bonds is 4. The van der Waals surface area contributed by atoms with Gasteiger partial charge in [-0.1, -0.05) is 24.3 Å². The van der Waals surface area contributed by atoms with E-state index >= 15 is 0 Å². The maximum absolute atomic E-state index is 12.6. The maximum Gasteiger partial charge on any atom is 0.339 e. The number of nitrogens with zero attached hydrogens (tertiary/aromatic N) is 2. The van der Waals surface area contributed by atoms with Crippen molar-refractivity contribution in [1.82, 2.24) is 9.88 Å². The highest BCUT2D eigenvalue weighted by atomic mass is 16.5. The molecule has 5 nitrogen and oxygen atoms in total. The number of pyridine rings is 1. The molecular weight excluding hydrogens is 316 g/mol. The maximum atomic E-state index is 12.6. The van der Waals surface area contributed by atoms with Gasteiger partial charge < -0.3 is 9.64 Å². The van der Waals surface area contributed by atoms with Gasteiger partial charge in [-0.25, -0.2) is 4.79 Å². The van der Waals surface area contributed by atoms with Crippen molar-refractivity contribution >= 4 is 11.9 Å². The third kappa shape index (κ3) is 3.71. The van der Waals surface area contributed by atoms with Crippen LogP contribution in [0.2, 0.25) is 0 Å². The van der Waals surface area contributed by atoms with Crippen molar-refractivity contribution in [2.75, 3.05) is 13.7 Å². The van der Waals surface area contributed by atoms with Crippen molar-refractivity contribution in [1.29, 1.82) is 0 Å². The average Bonchev–Trinajstić information content (AvgIpc) is 2.65. The molecule has 0 fully saturated rings. The van der Waals surface area contributed by atoms with Gasteiger partial charge in [-0.3, -0.25) is 9.78 Å². The minimum absolute atomic E-state index is 0.136. The molecule has 1 aromatic carbocycles. The third-order valence-corrected chi connectivity index (χ3v) is 4.77. The van der Waals surface area contributed by atoms with E-state index in [0.29, 0.717) is 31.5 Å². The Balaban J connectivity index is 1.67. The van der Waals surface area contributed by atoms with Crippen LogP contribution < -0.4 is 0 Å². The van der Waals surface area contributed by atoms with Gasteiger partial charge in [0, 0.05) is 31.9 Å². The smallest absolute Gasteiger partial charge is 0.339 e. The second kappa shape index (κ2) is 7.47. The highest BCUT2D eigenvalue weighted by molar-refractivity contribution is 5.91. The Morgan fingerprint density at radius 1 is 1.24 bits per heavy atom. The van der Waals surface area contributed by atoms with E-state index in [9.17, 15) is 9.59 Å². The molecule has 0 saturated carbocycles. The van der Waals surface area contributed by atoms with Gasteiger partial charge in [-0.15, -0.1) is 0 Å². The lowest BCUT2D eigenvalue weighted by Gasteiger charge is -2.29. The van der Waals surface area contributed by atoms with E-state index in [1.54, 1.807) is 12.4 Å². The number of hydrogen-bond acceptors (Lipinski definition) is 4. The summed E-state index contributed by atoms with van der Waals surface area (Å²) in [4.78, 5) is 30.4. The molecule has 0 atom stereocenters. The molecule has 1 amide bonds. The number of hydrogen-bond donors (Lipinski definition) is 0. The van der Waals surface area contributed by atoms with Gasteiger partial charge in [0.2, 0.25) is 5.91 Å². The number of amides is 1. The van der Waals surface area contributed by atoms with Crippen LogP contribution in [0.15, 0.2) is 36.7 Å². The van der Waals surface area contributed by atoms with E-state index in [1.165, 1.54) is 18.2 Å². The van der Waals surface area contributed by atoms with Gasteiger partial charge in [0.1, 0.15) is 0 Å². The molecule has 0 aliphatic carbocycles. The first-order valence-electron chi connectivity index (χ1n) is 8.46. The number of fused-ring (bicyclic) bond motifs is 1. The number of aromatic nitrogens is 1. The Morgan fingerprint density at radius 2 is 2.04 bits per heavy atom. The zero-order chi connectivity index (χ0) is 17.8. The molecule has 0 bridgehead atoms. The monoisotopic (exact) mass is 338 g/mol. The van der Waals surface area contributed by atoms with E-state index in [4.69, 9.17) is 4.74 Å². The second-order valence-electron chi connectivity index (χ2n) is 6.31. The number of methoxy groups -OCH3 is 1. The molecular formula is C20H22N2O3. The van der Waals surface area contributed by atoms with Crippen molar-refractivity contribution in [3.05, 3.63) is 64.5 Å². The summed E-state index contributed by atoms with van der Waals surface area (Å²) in [5, 5.41) is 0. The van der Waals surface area contributed by atoms with E-state index < -0.39 is 0 Å². The van der Waals surface area contributed by atoms with Crippen molar-refractivity contribution in [2.45, 2.75) is 32.7 Å². The summed E-state index contributed by atoms with van der Waals surface area (Å²) < 4.78 is 4.82. The predicted molar refractivity (Wildman–Crippen MR) is 94.2 cm³/mol. The topological polar surface area (TPSA) is 59.5 Å². The van der Waals surface area contributed by atoms with Crippen molar-refractivity contribution in [3.63, 3.8) is 0 Å². The van der Waals surface area contributed by atoms with Crippen LogP contribution in [0.25, 0.3) is 0 Å². The minimum atomic E-state index is -0.372. The van der Waals surface area contributed by atoms with E-state index in [2.05, 4.69) is 24.0 Å². The Labute approximate surface area is 147 Å². The lowest BCUT2D eigenvalue weighted by molar-refractivity contribution is -0.132. The molecule has 1 aliphatic rings. The lowest BCUT2D eigenvalue weighted by Crippen LogP contribution is -2.37. The average molecular weight is 338 g/mol. The molecule has 25 heavy (non-hydrogen) atoms. The first-order valence-corrected chi connectivity index (χ1v) is 8.46. The Morgan fingerprint density at radius 3 is 2.80 bits per heavy atom. The number of carbonyl (C=O) groups excluding carboxylic acids is 2. The fraction of sp³-hybridized carbons (Fsp3) is 0.350. The molecule has 1 aromatic heterocycles. The second-order valence-corrected chi connectivity index (χ2v) is 6.31. The van der Waals surface area contributed by atoms with Gasteiger partial charge >= 0.3 is 5.97 Å². The molecule has 0 N–H and O–H groups in total. The van der Waals surface area contributed by atoms with E-state index in [-0.39, 0.29) is 11.9 Å². The van der Waals surface area contributed by atoms with Crippen LogP contribution in [0, 0.1) is 6.92 Å². The standard InChI is InChI=1S/C20H22N2O3/c1-14-5-3-4-6-15(14)7-8-19(23)22-10-9-17-16(13-22)11-21-12-18(17)20(24)25-2/h3-6,11-12H,7-10,13H2,1-2H3. The summed E-state index contributed by atoms with van der Waals surface area (Å²) in [5.74, 6) is -0.235. The highest BCUT2D eigenvalue weighted by Gasteiger charge is 2.25. The van der Waals surface area contributed by atoms with Crippen LogP contribution in [0.1, 0.15) is 39.0 Å². The van der Waals surface area contributed by atoms with Crippen LogP contribution in [-0.4, -0.2) is 35.4 Å². The third-order valence-electron chi connectivity index (χ3n) is 4.77. The zero-order valence-corrected chi connectivity index (χ0v) is 14.6. The summed E-state index contributed by atoms with van der Waals surface area (Å²) >= 11 is 0. The molecule has 0 radical (unpaired) electrons. The Bertz CT molecular complexity index is 801. The fourth-order valence-electron chi connectivity index (χ4n) is 3.28. The first kappa shape index (κ1) is 17.1. The van der Waals surface area contributed by atoms with Crippen LogP contribution in [0.4, 0.5) is 0 Å². The lowest BCUT2D eigenvalue weighted by atomic mass is 9.96. The highest BCUT2D eigenvalue weighted by Crippen LogP contribution is 2.23. The van der Waals surface area contributed by atoms with E-state index in [1.807, 2.05) is 17.0 Å². The normalized spacial score (nSPS) is 13.3. The van der Waals surface area contributed by atoms with Gasteiger partial charge in [0.15, 0.2) is 0 Å². The molecule has 0 spiro atoms. The molecule has 2 heterocycles. The van der Waals surface area contributed by atoms with Crippen LogP contribution in [-0.2, 0) is 28.9 Å². The molecule has 0 unspecified atom stereocenters. The van der Waals surface area contributed by atoms with Crippen LogP contribution >= 0.6 is 0 Å². The summed E-state index contributed by atoms with van der Waals surface area (Å²) in [5.41, 5.74) is 4.81. The van der Waals surface area contributed by atoms with Gasteiger partial charge in [0.05, 0.1) is 12.7 Å². The summed E-state index contributed by atoms with van der Waals surface area (Å²) in [6.45, 7) is 3.18. The van der Waals surface area contributed by atoms with Gasteiger partial charge in [-0.05, 0) is 42.0 Å². The Hall–Kier alpha value is -2.69. The molecule has 2 aromatic rings. The molecule has 0 saturated heterocycles.